The summed E-state index contributed by atoms with van der Waals surface area (Å²) < 4.78 is 8.55. The Bertz CT molecular complexity index is 57.8. The molecule has 0 aliphatic rings. The Balaban J connectivity index is -0.0000000800. The average molecular weight is 241 g/mol. The van der Waals surface area contributed by atoms with Crippen LogP contribution in [0.15, 0.2) is 0 Å². The van der Waals surface area contributed by atoms with E-state index < -0.39 is 7.82 Å². The Morgan fingerprint density at radius 2 is 1.14 bits per heavy atom. The van der Waals surface area contributed by atoms with Crippen LogP contribution < -0.4 is 14.7 Å². The van der Waals surface area contributed by atoms with Crippen molar-refractivity contribution in [2.75, 3.05) is 0 Å². The molecule has 0 amide bonds. The zero-order valence-corrected chi connectivity index (χ0v) is 8.06. The first-order valence-corrected chi connectivity index (χ1v) is 2.19. The Hall–Kier alpha value is 1.44. The third kappa shape index (κ3) is 106. The minimum Gasteiger partial charge on any atom is -0.822 e. The van der Waals surface area contributed by atoms with E-state index in [-0.39, 0.29) is 41.3 Å². The van der Waals surface area contributed by atoms with E-state index >= 15 is 0 Å². The van der Waals surface area contributed by atoms with Gasteiger partial charge in [0, 0.05) is 0 Å². The van der Waals surface area contributed by atoms with E-state index in [0.29, 0.717) is 0 Å². The molecular formula is AlO4PSn+4. The summed E-state index contributed by atoms with van der Waals surface area (Å²) in [4.78, 5) is 25.6. The van der Waals surface area contributed by atoms with Gasteiger partial charge >= 0.3 is 41.3 Å². The molecule has 0 N–H and O–H groups in total. The normalized spacial score (nSPS) is 8.43. The van der Waals surface area contributed by atoms with Gasteiger partial charge in [-0.15, -0.1) is 0 Å². The molecule has 7 heavy (non-hydrogen) atoms. The van der Waals surface area contributed by atoms with Crippen molar-refractivity contribution < 1.29 is 19.2 Å². The Morgan fingerprint density at radius 3 is 1.14 bits per heavy atom. The van der Waals surface area contributed by atoms with Crippen LogP contribution in [0.3, 0.4) is 0 Å². The molecule has 0 aliphatic heterocycles. The second kappa shape index (κ2) is 5.58. The van der Waals surface area contributed by atoms with Crippen LogP contribution in [0.2, 0.25) is 0 Å². The van der Waals surface area contributed by atoms with Crippen LogP contribution in [-0.2, 0) is 4.57 Å². The van der Waals surface area contributed by atoms with Gasteiger partial charge in [-0.2, -0.15) is 7.82 Å². The third-order valence-corrected chi connectivity index (χ3v) is 0. The maximum atomic E-state index is 8.55. The van der Waals surface area contributed by atoms with Crippen LogP contribution in [0.4, 0.5) is 0 Å². The molecule has 32 valence electrons. The molecule has 0 fully saturated rings. The second-order valence-electron chi connectivity index (χ2n) is 0.447. The fraction of sp³-hybridized carbons (Fsp3) is 0. The monoisotopic (exact) mass is 242 g/mol. The Labute approximate surface area is 68.3 Å². The van der Waals surface area contributed by atoms with Crippen molar-refractivity contribution in [1.29, 1.82) is 0 Å². The number of rotatable bonds is 0. The smallest absolute Gasteiger partial charge is 0.822 e. The predicted octanol–water partition coefficient (Wildman–Crippen LogP) is -3.59. The first-order chi connectivity index (χ1) is 2.00. The van der Waals surface area contributed by atoms with Crippen LogP contribution in [0.5, 0.6) is 0 Å². The third-order valence-electron chi connectivity index (χ3n) is 0. The van der Waals surface area contributed by atoms with E-state index in [9.17, 15) is 0 Å². The van der Waals surface area contributed by atoms with Crippen molar-refractivity contribution in [1.82, 2.24) is 0 Å². The van der Waals surface area contributed by atoms with E-state index in [1.165, 1.54) is 0 Å². The van der Waals surface area contributed by atoms with Crippen LogP contribution in [0, 0.1) is 0 Å². The van der Waals surface area contributed by atoms with Crippen molar-refractivity contribution in [3.8, 4) is 0 Å². The van der Waals surface area contributed by atoms with Gasteiger partial charge in [0.15, 0.2) is 0 Å². The molecule has 0 saturated carbocycles. The largest absolute Gasteiger partial charge is 4.00 e. The molecule has 0 rings (SSSR count). The fourth-order valence-electron chi connectivity index (χ4n) is 0. The molecule has 0 aromatic rings. The summed E-state index contributed by atoms with van der Waals surface area (Å²) in [5.74, 6) is 0. The van der Waals surface area contributed by atoms with Crippen molar-refractivity contribution in [3.05, 3.63) is 0 Å². The van der Waals surface area contributed by atoms with Crippen molar-refractivity contribution in [2.45, 2.75) is 0 Å². The van der Waals surface area contributed by atoms with Gasteiger partial charge in [0.1, 0.15) is 0 Å². The van der Waals surface area contributed by atoms with Crippen LogP contribution in [0.25, 0.3) is 0 Å². The molecular weight excluding hydrogens is 241 g/mol. The summed E-state index contributed by atoms with van der Waals surface area (Å²) >= 11 is 0. The topological polar surface area (TPSA) is 86.2 Å². The molecule has 0 spiro atoms. The van der Waals surface area contributed by atoms with Crippen molar-refractivity contribution in [2.24, 2.45) is 0 Å². The average Bonchev–Trinajstić information content (AvgIpc) is 0.722. The second-order valence-corrected chi connectivity index (χ2v) is 1.34. The summed E-state index contributed by atoms with van der Waals surface area (Å²) in [7, 11) is -5.39. The number of hydrogen-bond donors (Lipinski definition) is 0. The van der Waals surface area contributed by atoms with Gasteiger partial charge in [-0.25, -0.2) is 0 Å². The summed E-state index contributed by atoms with van der Waals surface area (Å²) in [6, 6.07) is 0. The molecule has 0 aromatic carbocycles. The predicted molar refractivity (Wildman–Crippen MR) is 19.1 cm³/mol. The summed E-state index contributed by atoms with van der Waals surface area (Å²) in [6.07, 6.45) is 0. The van der Waals surface area contributed by atoms with Crippen LogP contribution in [-0.4, -0.2) is 41.3 Å². The standard InChI is InChI=1S/Al.H3O4P.Sn/c;1-5(2,3)4;/h;(H3,1,2,3,4);/q+3;;+4/p-3. The summed E-state index contributed by atoms with van der Waals surface area (Å²) in [5, 5.41) is 0. The zero-order chi connectivity index (χ0) is 4.50. The molecule has 0 aromatic heterocycles. The molecule has 0 atom stereocenters. The van der Waals surface area contributed by atoms with Gasteiger partial charge < -0.3 is 19.2 Å². The molecule has 0 aliphatic carbocycles. The molecule has 7 heteroatoms. The van der Waals surface area contributed by atoms with E-state index in [1.807, 2.05) is 0 Å². The van der Waals surface area contributed by atoms with Crippen molar-refractivity contribution >= 4 is 49.1 Å². The number of phosphoric acid groups is 1. The van der Waals surface area contributed by atoms with Gasteiger partial charge in [-0.3, -0.25) is 0 Å². The van der Waals surface area contributed by atoms with E-state index in [1.54, 1.807) is 0 Å². The quantitative estimate of drug-likeness (QED) is 0.324. The van der Waals surface area contributed by atoms with Crippen molar-refractivity contribution in [3.63, 3.8) is 0 Å². The maximum Gasteiger partial charge on any atom is 4.00 e. The first-order valence-electron chi connectivity index (χ1n) is 0.730. The molecule has 0 saturated heterocycles. The molecule has 0 heterocycles. The van der Waals surface area contributed by atoms with E-state index in [2.05, 4.69) is 0 Å². The Kier molecular flexibility index (Phi) is 12.6. The first kappa shape index (κ1) is 15.8. The summed E-state index contributed by atoms with van der Waals surface area (Å²) in [6.45, 7) is 0. The van der Waals surface area contributed by atoms with Gasteiger partial charge in [-0.05, 0) is 0 Å². The van der Waals surface area contributed by atoms with Crippen LogP contribution >= 0.6 is 7.82 Å². The van der Waals surface area contributed by atoms with E-state index in [0.717, 1.165) is 0 Å². The van der Waals surface area contributed by atoms with Gasteiger partial charge in [0.2, 0.25) is 0 Å². The molecule has 0 unspecified atom stereocenters. The van der Waals surface area contributed by atoms with Crippen LogP contribution in [0.1, 0.15) is 0 Å². The number of hydrogen-bond acceptors (Lipinski definition) is 4. The Morgan fingerprint density at radius 1 is 1.14 bits per heavy atom. The zero-order valence-electron chi connectivity index (χ0n) is 3.16. The van der Waals surface area contributed by atoms with Gasteiger partial charge in [-0.1, -0.05) is 0 Å². The molecule has 0 bridgehead atoms. The van der Waals surface area contributed by atoms with Gasteiger partial charge in [0.05, 0.1) is 0 Å². The van der Waals surface area contributed by atoms with Gasteiger partial charge in [0.25, 0.3) is 0 Å². The minimum absolute atomic E-state index is 0. The SMILES string of the molecule is O=P([O-])([O-])[O-].[Al+3].[Sn+4]. The maximum absolute atomic E-state index is 8.55. The van der Waals surface area contributed by atoms with E-state index in [4.69, 9.17) is 19.2 Å². The molecule has 0 radical (unpaired) electrons. The fourth-order valence-corrected chi connectivity index (χ4v) is 0. The minimum atomic E-state index is -5.39. The summed E-state index contributed by atoms with van der Waals surface area (Å²) in [5.41, 5.74) is 0. The molecule has 4 nitrogen and oxygen atoms in total.